The summed E-state index contributed by atoms with van der Waals surface area (Å²) in [6.07, 6.45) is 8.28. The molecule has 0 fully saturated rings. The van der Waals surface area contributed by atoms with Crippen molar-refractivity contribution in [1.29, 1.82) is 0 Å². The highest BCUT2D eigenvalue weighted by molar-refractivity contribution is 6.48. The molecule has 184 valence electrons. The van der Waals surface area contributed by atoms with Gasteiger partial charge in [0.05, 0.1) is 11.5 Å². The molecule has 0 bridgehead atoms. The topological polar surface area (TPSA) is 127 Å². The van der Waals surface area contributed by atoms with E-state index in [1.54, 1.807) is 12.2 Å². The Bertz CT molecular complexity index is 1060. The molecule has 9 heteroatoms. The van der Waals surface area contributed by atoms with E-state index in [9.17, 15) is 24.3 Å². The lowest BCUT2D eigenvalue weighted by atomic mass is 9.72. The number of carboxylic acids is 1. The first-order chi connectivity index (χ1) is 15.7. The summed E-state index contributed by atoms with van der Waals surface area (Å²) in [6, 6.07) is 0. The molecule has 2 N–H and O–H groups in total. The van der Waals surface area contributed by atoms with Crippen molar-refractivity contribution in [3.63, 3.8) is 0 Å². The summed E-state index contributed by atoms with van der Waals surface area (Å²) in [5.41, 5.74) is -3.72. The fraction of sp³-hybridized carbons (Fsp3) is 0.440. The minimum absolute atomic E-state index is 0.134. The molecule has 34 heavy (non-hydrogen) atoms. The maximum absolute atomic E-state index is 13.2. The maximum Gasteiger partial charge on any atom is 0.332 e. The number of Topliss-reactive ketones (excluding diaryl/α,β-unsaturated/α-hetero) is 2. The second-order valence-electron chi connectivity index (χ2n) is 8.73. The van der Waals surface area contributed by atoms with Crippen molar-refractivity contribution in [3.05, 3.63) is 57.9 Å². The smallest absolute Gasteiger partial charge is 0.332 e. The molecule has 8 nitrogen and oxygen atoms in total. The second-order valence-corrected chi connectivity index (χ2v) is 9.10. The van der Waals surface area contributed by atoms with E-state index >= 15 is 0 Å². The summed E-state index contributed by atoms with van der Waals surface area (Å²) in [5, 5.41) is 19.5. The van der Waals surface area contributed by atoms with E-state index in [1.807, 2.05) is 6.92 Å². The van der Waals surface area contributed by atoms with E-state index in [2.05, 4.69) is 19.9 Å². The maximum atomic E-state index is 13.2. The Labute approximate surface area is 203 Å². The molecule has 1 aliphatic carbocycles. The fourth-order valence-electron chi connectivity index (χ4n) is 3.58. The molecule has 2 rings (SSSR count). The van der Waals surface area contributed by atoms with Crippen LogP contribution >= 0.6 is 11.6 Å². The number of allylic oxidation sites excluding steroid dienone is 4. The largest absolute Gasteiger partial charge is 0.490 e. The molecule has 0 saturated carbocycles. The molecule has 0 amide bonds. The Morgan fingerprint density at radius 3 is 2.56 bits per heavy atom. The van der Waals surface area contributed by atoms with Gasteiger partial charge in [-0.05, 0) is 38.8 Å². The third-order valence-electron chi connectivity index (χ3n) is 5.66. The number of fused-ring (bicyclic) bond motifs is 1. The predicted molar refractivity (Wildman–Crippen MR) is 125 cm³/mol. The minimum atomic E-state index is -2.41. The summed E-state index contributed by atoms with van der Waals surface area (Å²) in [4.78, 5) is 49.2. The summed E-state index contributed by atoms with van der Waals surface area (Å²) in [5.74, 6) is -3.68. The Morgan fingerprint density at radius 1 is 1.32 bits per heavy atom. The minimum Gasteiger partial charge on any atom is -0.490 e. The quantitative estimate of drug-likeness (QED) is 0.228. The number of carboxylic acid groups (broad SMARTS) is 1. The first-order valence-corrected chi connectivity index (χ1v) is 11.2. The van der Waals surface area contributed by atoms with Gasteiger partial charge in [0.25, 0.3) is 0 Å². The normalized spacial score (nSPS) is 26.7. The highest BCUT2D eigenvalue weighted by Crippen LogP contribution is 2.42. The van der Waals surface area contributed by atoms with Crippen LogP contribution in [0.3, 0.4) is 0 Å². The number of halogens is 1. The van der Waals surface area contributed by atoms with Crippen molar-refractivity contribution < 1.29 is 38.9 Å². The van der Waals surface area contributed by atoms with Gasteiger partial charge in [-0.25, -0.2) is 4.79 Å². The average Bonchev–Trinajstić information content (AvgIpc) is 2.75. The lowest BCUT2D eigenvalue weighted by molar-refractivity contribution is -0.177. The zero-order valence-corrected chi connectivity index (χ0v) is 20.6. The molecule has 0 saturated heterocycles. The van der Waals surface area contributed by atoms with Gasteiger partial charge in [-0.3, -0.25) is 14.4 Å². The van der Waals surface area contributed by atoms with E-state index in [-0.39, 0.29) is 11.1 Å². The number of ether oxygens (including phenoxy) is 2. The monoisotopic (exact) mass is 492 g/mol. The fourth-order valence-corrected chi connectivity index (χ4v) is 3.97. The number of esters is 1. The predicted octanol–water partition coefficient (Wildman–Crippen LogP) is 3.55. The van der Waals surface area contributed by atoms with Crippen LogP contribution < -0.4 is 0 Å². The third-order valence-corrected chi connectivity index (χ3v) is 6.03. The molecule has 0 radical (unpaired) electrons. The van der Waals surface area contributed by atoms with Crippen LogP contribution in [0.4, 0.5) is 0 Å². The van der Waals surface area contributed by atoms with Crippen molar-refractivity contribution in [1.82, 2.24) is 0 Å². The number of carbonyl (C=O) groups is 4. The number of hydrogen-bond acceptors (Lipinski definition) is 7. The van der Waals surface area contributed by atoms with Crippen LogP contribution in [0.1, 0.15) is 47.5 Å². The lowest BCUT2D eigenvalue weighted by Crippen LogP contribution is -2.64. The zero-order valence-electron chi connectivity index (χ0n) is 19.8. The van der Waals surface area contributed by atoms with Crippen LogP contribution in [0.15, 0.2) is 57.9 Å². The van der Waals surface area contributed by atoms with Crippen LogP contribution in [0.25, 0.3) is 0 Å². The van der Waals surface area contributed by atoms with Gasteiger partial charge in [0.1, 0.15) is 12.4 Å². The number of rotatable bonds is 8. The van der Waals surface area contributed by atoms with Gasteiger partial charge in [0, 0.05) is 11.6 Å². The van der Waals surface area contributed by atoms with Crippen molar-refractivity contribution in [2.75, 3.05) is 6.61 Å². The third kappa shape index (κ3) is 5.74. The Morgan fingerprint density at radius 2 is 1.97 bits per heavy atom. The molecule has 1 heterocycles. The lowest BCUT2D eigenvalue weighted by Gasteiger charge is -2.41. The molecular weight excluding hydrogens is 464 g/mol. The van der Waals surface area contributed by atoms with Gasteiger partial charge >= 0.3 is 11.9 Å². The number of aliphatic carboxylic acids is 1. The molecule has 1 aliphatic heterocycles. The van der Waals surface area contributed by atoms with Gasteiger partial charge in [-0.15, -0.1) is 0 Å². The van der Waals surface area contributed by atoms with Crippen LogP contribution in [-0.4, -0.2) is 51.5 Å². The van der Waals surface area contributed by atoms with E-state index < -0.39 is 52.8 Å². The molecule has 0 aromatic rings. The van der Waals surface area contributed by atoms with E-state index in [1.165, 1.54) is 13.0 Å². The molecular formula is C25H29ClO8. The van der Waals surface area contributed by atoms with Crippen molar-refractivity contribution >= 4 is 35.1 Å². The molecule has 0 spiro atoms. The van der Waals surface area contributed by atoms with Crippen molar-refractivity contribution in [2.45, 2.75) is 58.7 Å². The first-order valence-electron chi connectivity index (χ1n) is 10.8. The van der Waals surface area contributed by atoms with Gasteiger partial charge in [-0.1, -0.05) is 55.2 Å². The summed E-state index contributed by atoms with van der Waals surface area (Å²) >= 11 is 6.25. The number of hydrogen-bond donors (Lipinski definition) is 2. The number of carbonyl (C=O) groups excluding carboxylic acids is 3. The summed E-state index contributed by atoms with van der Waals surface area (Å²) in [6.45, 7) is 7.98. The highest BCUT2D eigenvalue weighted by Gasteiger charge is 2.62. The van der Waals surface area contributed by atoms with Crippen molar-refractivity contribution in [2.24, 2.45) is 5.92 Å². The highest BCUT2D eigenvalue weighted by atomic mass is 35.5. The van der Waals surface area contributed by atoms with E-state index in [0.717, 1.165) is 25.0 Å². The van der Waals surface area contributed by atoms with Crippen LogP contribution in [0.2, 0.25) is 0 Å². The van der Waals surface area contributed by atoms with Crippen LogP contribution in [-0.2, 0) is 28.7 Å². The summed E-state index contributed by atoms with van der Waals surface area (Å²) < 4.78 is 10.7. The number of ketones is 2. The van der Waals surface area contributed by atoms with Gasteiger partial charge in [0.2, 0.25) is 17.2 Å². The SMILES string of the molecule is CCC(C)/C=C(\C)C=CC1=CC2=C(Cl)C(=O)C(C)(OC(=O)/C=C(\C)CC(=O)O)C(=O)C2(O)CO1. The van der Waals surface area contributed by atoms with Gasteiger partial charge < -0.3 is 19.7 Å². The van der Waals surface area contributed by atoms with E-state index in [0.29, 0.717) is 11.7 Å². The average molecular weight is 493 g/mol. The molecule has 0 aromatic carbocycles. The Hall–Kier alpha value is -2.97. The van der Waals surface area contributed by atoms with Crippen LogP contribution in [0, 0.1) is 5.92 Å². The second kappa shape index (κ2) is 10.5. The number of aliphatic hydroxyl groups is 1. The van der Waals surface area contributed by atoms with Gasteiger partial charge in [-0.2, -0.15) is 0 Å². The summed E-state index contributed by atoms with van der Waals surface area (Å²) in [7, 11) is 0. The Balaban J connectivity index is 2.38. The standard InChI is InChI=1S/C25H29ClO8/c1-6-14(2)9-15(3)7-8-17-12-18-21(26)22(30)24(5,23(31)25(18,32)13-33-17)34-20(29)11-16(4)10-19(27)28/h7-9,11-12,14,32H,6,10,13H2,1-5H3,(H,27,28)/b8-7?,15-9+,16-11+. The molecule has 2 aliphatic rings. The van der Waals surface area contributed by atoms with E-state index in [4.69, 9.17) is 26.2 Å². The molecule has 3 unspecified atom stereocenters. The molecule has 3 atom stereocenters. The zero-order chi connectivity index (χ0) is 25.8. The van der Waals surface area contributed by atoms with Crippen LogP contribution in [0.5, 0.6) is 0 Å². The Kier molecular flexibility index (Phi) is 8.45. The van der Waals surface area contributed by atoms with Gasteiger partial charge in [0.15, 0.2) is 5.60 Å². The first kappa shape index (κ1) is 27.3. The molecule has 0 aromatic heterocycles. The van der Waals surface area contributed by atoms with Crippen molar-refractivity contribution in [3.8, 4) is 0 Å².